The highest BCUT2D eigenvalue weighted by Crippen LogP contribution is 2.64. The fraction of sp³-hybridized carbons (Fsp3) is 0.556. The highest BCUT2D eigenvalue weighted by molar-refractivity contribution is 5.88. The van der Waals surface area contributed by atoms with E-state index in [1.807, 2.05) is 19.2 Å². The van der Waals surface area contributed by atoms with Gasteiger partial charge in [0.1, 0.15) is 11.5 Å². The predicted octanol–water partition coefficient (Wildman–Crippen LogP) is 0.756. The number of piperidine rings is 1. The zero-order chi connectivity index (χ0) is 27.4. The number of aliphatic hydroxyl groups excluding tert-OH is 1. The lowest BCUT2D eigenvalue weighted by atomic mass is 9.50. The molecule has 11 heteroatoms. The molecule has 204 valence electrons. The van der Waals surface area contributed by atoms with Gasteiger partial charge in [-0.15, -0.1) is 0 Å². The summed E-state index contributed by atoms with van der Waals surface area (Å²) >= 11 is 0. The fourth-order valence-electron chi connectivity index (χ4n) is 6.66. The van der Waals surface area contributed by atoms with Crippen LogP contribution in [0.25, 0.3) is 0 Å². The number of likely N-dealkylation sites (tertiary alicyclic amines) is 1. The van der Waals surface area contributed by atoms with Gasteiger partial charge in [0.05, 0.1) is 36.9 Å². The van der Waals surface area contributed by atoms with Gasteiger partial charge in [0.2, 0.25) is 0 Å². The summed E-state index contributed by atoms with van der Waals surface area (Å²) < 4.78 is 17.0. The number of nitrogens with zero attached hydrogens (tertiary/aromatic N) is 1. The minimum atomic E-state index is -1.42. The number of esters is 2. The summed E-state index contributed by atoms with van der Waals surface area (Å²) in [6.07, 6.45) is -0.516. The molecule has 1 fully saturated rings. The van der Waals surface area contributed by atoms with Crippen LogP contribution in [0.5, 0.6) is 5.75 Å². The quantitative estimate of drug-likeness (QED) is 0.388. The molecule has 0 unspecified atom stereocenters. The van der Waals surface area contributed by atoms with Crippen molar-refractivity contribution in [2.24, 2.45) is 0 Å². The van der Waals surface area contributed by atoms with Gasteiger partial charge in [-0.2, -0.15) is 0 Å². The summed E-state index contributed by atoms with van der Waals surface area (Å²) in [6.45, 7) is 1.59. The minimum Gasteiger partial charge on any atom is -0.481 e. The van der Waals surface area contributed by atoms with Gasteiger partial charge in [0.25, 0.3) is 0 Å². The van der Waals surface area contributed by atoms with Gasteiger partial charge in [-0.25, -0.2) is 0 Å². The van der Waals surface area contributed by atoms with Gasteiger partial charge in [-0.05, 0) is 45.0 Å². The molecule has 11 nitrogen and oxygen atoms in total. The van der Waals surface area contributed by atoms with E-state index < -0.39 is 59.8 Å². The van der Waals surface area contributed by atoms with Gasteiger partial charge >= 0.3 is 17.9 Å². The minimum absolute atomic E-state index is 0.163. The SMILES string of the molecule is CC(=O)[C@@H](CC(=O)O)OC(=O)CCC(=O)OC1=CC[C@@]2(O)[C@H]3Cc4ccc(CO)c5c4[C@@]2(CCN3C)[C@H]1O5. The van der Waals surface area contributed by atoms with Crippen LogP contribution in [0.1, 0.15) is 55.7 Å². The Balaban J connectivity index is 1.35. The van der Waals surface area contributed by atoms with Crippen molar-refractivity contribution >= 4 is 23.7 Å². The first-order valence-electron chi connectivity index (χ1n) is 12.7. The van der Waals surface area contributed by atoms with Crippen molar-refractivity contribution in [2.75, 3.05) is 13.6 Å². The van der Waals surface area contributed by atoms with Crippen molar-refractivity contribution in [3.8, 4) is 5.75 Å². The number of Topliss-reactive ketones (excluding diaryl/α,β-unsaturated/α-hetero) is 1. The topological polar surface area (TPSA) is 160 Å². The third kappa shape index (κ3) is 3.91. The van der Waals surface area contributed by atoms with Crippen LogP contribution in [-0.2, 0) is 47.1 Å². The Morgan fingerprint density at radius 2 is 1.95 bits per heavy atom. The smallest absolute Gasteiger partial charge is 0.311 e. The van der Waals surface area contributed by atoms with Crippen LogP contribution < -0.4 is 4.74 Å². The molecule has 1 aromatic rings. The summed E-state index contributed by atoms with van der Waals surface area (Å²) in [5.41, 5.74) is 0.495. The molecule has 3 N–H and O–H groups in total. The number of carboxylic acid groups (broad SMARTS) is 1. The molecule has 2 heterocycles. The zero-order valence-corrected chi connectivity index (χ0v) is 21.3. The average Bonchev–Trinajstić information content (AvgIpc) is 3.21. The lowest BCUT2D eigenvalue weighted by molar-refractivity contribution is -0.170. The number of carbonyl (C=O) groups is 4. The van der Waals surface area contributed by atoms with Gasteiger partial charge in [-0.1, -0.05) is 12.1 Å². The molecular weight excluding hydrogens is 498 g/mol. The van der Waals surface area contributed by atoms with Crippen molar-refractivity contribution in [3.63, 3.8) is 0 Å². The van der Waals surface area contributed by atoms with Crippen LogP contribution in [0.2, 0.25) is 0 Å². The van der Waals surface area contributed by atoms with Crippen molar-refractivity contribution in [1.82, 2.24) is 4.90 Å². The molecule has 1 aromatic carbocycles. The molecule has 2 aliphatic heterocycles. The lowest BCUT2D eigenvalue weighted by Gasteiger charge is -2.61. The third-order valence-electron chi connectivity index (χ3n) is 8.48. The van der Waals surface area contributed by atoms with E-state index in [-0.39, 0.29) is 31.2 Å². The standard InChI is InChI=1S/C27H31NO10/c1-14(30)18(12-20(31)32)37-22(34)6-5-21(33)36-17-7-8-27(35)19-11-15-3-4-16(13-29)24-23(15)26(27,25(17)38-24)9-10-28(19)2/h3-4,7,18-19,25,29,35H,5-6,8-13H2,1-2H3,(H,31,32)/t18-,19-,25+,26+,27-/m1/s1. The second kappa shape index (κ2) is 9.48. The van der Waals surface area contributed by atoms with E-state index in [1.165, 1.54) is 0 Å². The van der Waals surface area contributed by atoms with E-state index in [4.69, 9.17) is 19.3 Å². The molecule has 0 radical (unpaired) electrons. The van der Waals surface area contributed by atoms with Crippen molar-refractivity contribution in [3.05, 3.63) is 40.7 Å². The van der Waals surface area contributed by atoms with E-state index in [9.17, 15) is 29.4 Å². The Morgan fingerprint density at radius 1 is 1.21 bits per heavy atom. The number of rotatable bonds is 9. The number of carbonyl (C=O) groups excluding carboxylic acids is 3. The van der Waals surface area contributed by atoms with Gasteiger partial charge < -0.3 is 34.4 Å². The van der Waals surface area contributed by atoms with Crippen LogP contribution in [-0.4, -0.2) is 81.4 Å². The number of hydrogen-bond acceptors (Lipinski definition) is 10. The lowest BCUT2D eigenvalue weighted by Crippen LogP contribution is -2.74. The molecule has 2 bridgehead atoms. The Kier molecular flexibility index (Phi) is 6.57. The number of aliphatic carboxylic acids is 1. The third-order valence-corrected chi connectivity index (χ3v) is 8.48. The van der Waals surface area contributed by atoms with Crippen LogP contribution in [0.3, 0.4) is 0 Å². The van der Waals surface area contributed by atoms with E-state index in [0.717, 1.165) is 18.1 Å². The second-order valence-electron chi connectivity index (χ2n) is 10.6. The highest BCUT2D eigenvalue weighted by atomic mass is 16.6. The fourth-order valence-corrected chi connectivity index (χ4v) is 6.66. The molecule has 5 rings (SSSR count). The Hall–Kier alpha value is -3.28. The highest BCUT2D eigenvalue weighted by Gasteiger charge is 2.71. The first-order chi connectivity index (χ1) is 18.0. The number of aliphatic hydroxyl groups is 2. The molecule has 38 heavy (non-hydrogen) atoms. The normalized spacial score (nSPS) is 29.4. The van der Waals surface area contributed by atoms with Crippen molar-refractivity contribution in [2.45, 2.75) is 81.3 Å². The number of hydrogen-bond donors (Lipinski definition) is 3. The number of ketones is 1. The number of benzene rings is 1. The van der Waals surface area contributed by atoms with Crippen LogP contribution in [0.4, 0.5) is 0 Å². The van der Waals surface area contributed by atoms with E-state index in [2.05, 4.69) is 4.90 Å². The first kappa shape index (κ1) is 26.3. The largest absolute Gasteiger partial charge is 0.481 e. The number of ether oxygens (including phenoxy) is 3. The summed E-state index contributed by atoms with van der Waals surface area (Å²) in [6, 6.07) is 3.63. The molecule has 2 aliphatic carbocycles. The molecule has 1 saturated heterocycles. The van der Waals surface area contributed by atoms with Crippen molar-refractivity contribution in [1.29, 1.82) is 0 Å². The van der Waals surface area contributed by atoms with Gasteiger partial charge in [0.15, 0.2) is 18.0 Å². The molecule has 1 spiro atoms. The maximum absolute atomic E-state index is 12.8. The molecule has 0 amide bonds. The second-order valence-corrected chi connectivity index (χ2v) is 10.6. The monoisotopic (exact) mass is 529 g/mol. The van der Waals surface area contributed by atoms with Gasteiger partial charge in [0, 0.05) is 23.6 Å². The molecule has 0 aromatic heterocycles. The molecule has 4 aliphatic rings. The van der Waals surface area contributed by atoms with Gasteiger partial charge in [-0.3, -0.25) is 19.2 Å². The maximum atomic E-state index is 12.8. The molecular formula is C27H31NO10. The van der Waals surface area contributed by atoms with E-state index >= 15 is 0 Å². The average molecular weight is 530 g/mol. The Labute approximate surface area is 219 Å². The van der Waals surface area contributed by atoms with E-state index in [1.54, 1.807) is 6.08 Å². The van der Waals surface area contributed by atoms with Crippen LogP contribution in [0.15, 0.2) is 24.0 Å². The van der Waals surface area contributed by atoms with Crippen LogP contribution in [0, 0.1) is 0 Å². The summed E-state index contributed by atoms with van der Waals surface area (Å²) in [5, 5.41) is 31.0. The van der Waals surface area contributed by atoms with E-state index in [0.29, 0.717) is 30.7 Å². The molecule has 5 atom stereocenters. The zero-order valence-electron chi connectivity index (χ0n) is 21.3. The first-order valence-corrected chi connectivity index (χ1v) is 12.7. The van der Waals surface area contributed by atoms with Crippen molar-refractivity contribution < 1.29 is 48.7 Å². The summed E-state index contributed by atoms with van der Waals surface area (Å²) in [7, 11) is 1.99. The summed E-state index contributed by atoms with van der Waals surface area (Å²) in [5.74, 6) is -2.73. The number of likely N-dealkylation sites (N-methyl/N-ethyl adjacent to an activating group) is 1. The predicted molar refractivity (Wildman–Crippen MR) is 129 cm³/mol. The number of carboxylic acids is 1. The Bertz CT molecular complexity index is 1240. The maximum Gasteiger partial charge on any atom is 0.311 e. The Morgan fingerprint density at radius 3 is 2.63 bits per heavy atom. The summed E-state index contributed by atoms with van der Waals surface area (Å²) in [4.78, 5) is 49.5. The molecule has 0 saturated carbocycles. The van der Waals surface area contributed by atoms with Crippen LogP contribution >= 0.6 is 0 Å².